The van der Waals surface area contributed by atoms with Gasteiger partial charge in [0, 0.05) is 32.2 Å². The van der Waals surface area contributed by atoms with Gasteiger partial charge in [0.15, 0.2) is 6.61 Å². The summed E-state index contributed by atoms with van der Waals surface area (Å²) >= 11 is 0. The van der Waals surface area contributed by atoms with Gasteiger partial charge >= 0.3 is 0 Å². The van der Waals surface area contributed by atoms with Crippen LogP contribution >= 0.6 is 0 Å². The number of nitrogens with two attached hydrogens (primary N) is 1. The van der Waals surface area contributed by atoms with Gasteiger partial charge < -0.3 is 20.3 Å². The molecule has 1 aromatic rings. The first kappa shape index (κ1) is 15.5. The summed E-state index contributed by atoms with van der Waals surface area (Å²) < 4.78 is 5.53. The van der Waals surface area contributed by atoms with Crippen LogP contribution in [0.25, 0.3) is 0 Å². The molecule has 0 bridgehead atoms. The molecule has 0 radical (unpaired) electrons. The molecule has 0 aromatic heterocycles. The summed E-state index contributed by atoms with van der Waals surface area (Å²) in [6.07, 6.45) is 0. The number of hydrogen-bond acceptors (Lipinski definition) is 4. The van der Waals surface area contributed by atoms with Crippen molar-refractivity contribution in [1.82, 2.24) is 9.80 Å². The third-order valence-electron chi connectivity index (χ3n) is 2.85. The molecule has 0 saturated carbocycles. The van der Waals surface area contributed by atoms with Crippen LogP contribution in [0.5, 0.6) is 5.75 Å². The second-order valence-electron chi connectivity index (χ2n) is 4.72. The van der Waals surface area contributed by atoms with Crippen LogP contribution in [0.2, 0.25) is 0 Å². The first-order valence-corrected chi connectivity index (χ1v) is 6.34. The van der Waals surface area contributed by atoms with E-state index in [0.717, 1.165) is 12.1 Å². The first-order valence-electron chi connectivity index (χ1n) is 6.34. The molecule has 0 spiro atoms. The summed E-state index contributed by atoms with van der Waals surface area (Å²) in [7, 11) is 5.74. The van der Waals surface area contributed by atoms with Gasteiger partial charge in [0.05, 0.1) is 0 Å². The molecule has 1 aromatic carbocycles. The molecule has 2 N–H and O–H groups in total. The van der Waals surface area contributed by atoms with Gasteiger partial charge in [-0.05, 0) is 20.2 Å². The van der Waals surface area contributed by atoms with Gasteiger partial charge in [-0.15, -0.1) is 0 Å². The molecule has 0 aliphatic heterocycles. The van der Waals surface area contributed by atoms with Gasteiger partial charge in [-0.2, -0.15) is 0 Å². The molecular weight excluding hydrogens is 242 g/mol. The highest BCUT2D eigenvalue weighted by Crippen LogP contribution is 2.16. The Morgan fingerprint density at radius 1 is 1.21 bits per heavy atom. The molecule has 0 unspecified atom stereocenters. The Morgan fingerprint density at radius 3 is 2.53 bits per heavy atom. The van der Waals surface area contributed by atoms with Crippen molar-refractivity contribution in [2.45, 2.75) is 6.54 Å². The molecule has 0 aliphatic carbocycles. The van der Waals surface area contributed by atoms with Gasteiger partial charge in [0.1, 0.15) is 5.75 Å². The van der Waals surface area contributed by atoms with Crippen molar-refractivity contribution >= 4 is 5.91 Å². The third kappa shape index (κ3) is 5.28. The highest BCUT2D eigenvalue weighted by atomic mass is 16.5. The zero-order valence-corrected chi connectivity index (χ0v) is 11.9. The number of nitrogens with zero attached hydrogens (tertiary/aromatic N) is 2. The maximum absolute atomic E-state index is 11.9. The number of hydrogen-bond donors (Lipinski definition) is 1. The number of likely N-dealkylation sites (N-methyl/N-ethyl adjacent to an activating group) is 2. The third-order valence-corrected chi connectivity index (χ3v) is 2.85. The minimum Gasteiger partial charge on any atom is -0.483 e. The second kappa shape index (κ2) is 7.76. The van der Waals surface area contributed by atoms with Crippen molar-refractivity contribution in [3.8, 4) is 5.75 Å². The van der Waals surface area contributed by atoms with Crippen molar-refractivity contribution in [2.75, 3.05) is 40.8 Å². The Labute approximate surface area is 114 Å². The normalized spacial score (nSPS) is 10.6. The predicted molar refractivity (Wildman–Crippen MR) is 76.0 cm³/mol. The van der Waals surface area contributed by atoms with Crippen LogP contribution in [0.3, 0.4) is 0 Å². The fourth-order valence-corrected chi connectivity index (χ4v) is 1.54. The second-order valence-corrected chi connectivity index (χ2v) is 4.72. The van der Waals surface area contributed by atoms with E-state index >= 15 is 0 Å². The number of para-hydroxylation sites is 1. The molecule has 5 heteroatoms. The van der Waals surface area contributed by atoms with E-state index in [4.69, 9.17) is 10.5 Å². The summed E-state index contributed by atoms with van der Waals surface area (Å²) in [4.78, 5) is 15.6. The lowest BCUT2D eigenvalue weighted by molar-refractivity contribution is -0.132. The summed E-state index contributed by atoms with van der Waals surface area (Å²) in [5.74, 6) is 0.646. The van der Waals surface area contributed by atoms with Crippen molar-refractivity contribution in [2.24, 2.45) is 5.73 Å². The standard InChI is InChI=1S/C14H23N3O2/c1-16(2)8-9-17(3)14(18)11-19-13-7-5-4-6-12(13)10-15/h4-7H,8-11,15H2,1-3H3. The smallest absolute Gasteiger partial charge is 0.260 e. The van der Waals surface area contributed by atoms with E-state index in [1.807, 2.05) is 43.3 Å². The van der Waals surface area contributed by atoms with E-state index in [9.17, 15) is 4.79 Å². The topological polar surface area (TPSA) is 58.8 Å². The molecule has 5 nitrogen and oxygen atoms in total. The number of rotatable bonds is 7. The highest BCUT2D eigenvalue weighted by molar-refractivity contribution is 5.77. The maximum Gasteiger partial charge on any atom is 0.260 e. The number of ether oxygens (including phenoxy) is 1. The molecule has 106 valence electrons. The van der Waals surface area contributed by atoms with Gasteiger partial charge in [0.2, 0.25) is 0 Å². The minimum absolute atomic E-state index is 0.0336. The van der Waals surface area contributed by atoms with Crippen LogP contribution in [0.1, 0.15) is 5.56 Å². The lowest BCUT2D eigenvalue weighted by Gasteiger charge is -2.20. The lowest BCUT2D eigenvalue weighted by Crippen LogP contribution is -2.36. The minimum atomic E-state index is -0.0336. The fourth-order valence-electron chi connectivity index (χ4n) is 1.54. The Kier molecular flexibility index (Phi) is 6.32. The molecule has 0 heterocycles. The van der Waals surface area contributed by atoms with E-state index in [1.165, 1.54) is 0 Å². The number of carbonyl (C=O) groups is 1. The molecule has 0 atom stereocenters. The van der Waals surface area contributed by atoms with Crippen LogP contribution in [-0.4, -0.2) is 56.5 Å². The quantitative estimate of drug-likeness (QED) is 0.782. The van der Waals surface area contributed by atoms with E-state index in [2.05, 4.69) is 0 Å². The molecule has 0 saturated heterocycles. The summed E-state index contributed by atoms with van der Waals surface area (Å²) in [6.45, 7) is 1.97. The highest BCUT2D eigenvalue weighted by Gasteiger charge is 2.10. The number of carbonyl (C=O) groups excluding carboxylic acids is 1. The zero-order valence-electron chi connectivity index (χ0n) is 11.9. The van der Waals surface area contributed by atoms with Crippen LogP contribution in [0.4, 0.5) is 0 Å². The van der Waals surface area contributed by atoms with Gasteiger partial charge in [0.25, 0.3) is 5.91 Å². The van der Waals surface area contributed by atoms with E-state index in [0.29, 0.717) is 18.8 Å². The van der Waals surface area contributed by atoms with Crippen molar-refractivity contribution < 1.29 is 9.53 Å². The monoisotopic (exact) mass is 265 g/mol. The number of amides is 1. The summed E-state index contributed by atoms with van der Waals surface area (Å²) in [6, 6.07) is 7.50. The molecule has 0 fully saturated rings. The largest absolute Gasteiger partial charge is 0.483 e. The van der Waals surface area contributed by atoms with Gasteiger partial charge in [-0.1, -0.05) is 18.2 Å². The van der Waals surface area contributed by atoms with Gasteiger partial charge in [-0.25, -0.2) is 0 Å². The van der Waals surface area contributed by atoms with Gasteiger partial charge in [-0.3, -0.25) is 4.79 Å². The lowest BCUT2D eigenvalue weighted by atomic mass is 10.2. The summed E-state index contributed by atoms with van der Waals surface area (Å²) in [5, 5.41) is 0. The molecule has 0 aliphatic rings. The Morgan fingerprint density at radius 2 is 1.89 bits per heavy atom. The maximum atomic E-state index is 11.9. The molecule has 19 heavy (non-hydrogen) atoms. The molecular formula is C14H23N3O2. The first-order chi connectivity index (χ1) is 9.04. The average Bonchev–Trinajstić information content (AvgIpc) is 2.42. The Balaban J connectivity index is 2.45. The van der Waals surface area contributed by atoms with Crippen LogP contribution < -0.4 is 10.5 Å². The van der Waals surface area contributed by atoms with Crippen LogP contribution in [0.15, 0.2) is 24.3 Å². The van der Waals surface area contributed by atoms with Crippen molar-refractivity contribution in [3.05, 3.63) is 29.8 Å². The predicted octanol–water partition coefficient (Wildman–Crippen LogP) is 0.544. The van der Waals surface area contributed by atoms with Crippen LogP contribution in [-0.2, 0) is 11.3 Å². The van der Waals surface area contributed by atoms with Crippen LogP contribution in [0, 0.1) is 0 Å². The van der Waals surface area contributed by atoms with E-state index < -0.39 is 0 Å². The Bertz CT molecular complexity index is 407. The number of benzene rings is 1. The Hall–Kier alpha value is -1.59. The fraction of sp³-hybridized carbons (Fsp3) is 0.500. The SMILES string of the molecule is CN(C)CCN(C)C(=O)COc1ccccc1CN. The summed E-state index contributed by atoms with van der Waals surface area (Å²) in [5.41, 5.74) is 6.53. The van der Waals surface area contributed by atoms with Crippen molar-refractivity contribution in [1.29, 1.82) is 0 Å². The molecule has 1 amide bonds. The average molecular weight is 265 g/mol. The van der Waals surface area contributed by atoms with E-state index in [1.54, 1.807) is 11.9 Å². The van der Waals surface area contributed by atoms with E-state index in [-0.39, 0.29) is 12.5 Å². The van der Waals surface area contributed by atoms with Crippen molar-refractivity contribution in [3.63, 3.8) is 0 Å². The zero-order chi connectivity index (χ0) is 14.3. The molecule has 1 rings (SSSR count).